The molecule has 0 N–H and O–H groups in total. The second-order valence-corrected chi connectivity index (χ2v) is 12.7. The summed E-state index contributed by atoms with van der Waals surface area (Å²) in [4.78, 5) is 10.3. The molecule has 0 aliphatic heterocycles. The second-order valence-electron chi connectivity index (χ2n) is 12.7. The Hall–Kier alpha value is -6.52. The average Bonchev–Trinajstić information content (AvgIpc) is 3.61. The number of para-hydroxylation sites is 1. The standard InChI is InChI=1S/C45H30N4/c1-3-14-34-33-20-12-22-38-41(33)42-39(23-13-24-40(42)49-37-21-11-10-19-32(37)28(2)44(34)49)48(38)31-25-26-35-36(27-31)46-45(30-17-8-5-9-18-30)47-43(35)29-15-6-4-7-16-29/h3-27H,1H2,2H3/b34-14-. The van der Waals surface area contributed by atoms with E-state index in [9.17, 15) is 0 Å². The predicted molar refractivity (Wildman–Crippen MR) is 205 cm³/mol. The Morgan fingerprint density at radius 3 is 2.02 bits per heavy atom. The molecule has 0 unspecified atom stereocenters. The van der Waals surface area contributed by atoms with Crippen molar-refractivity contribution in [1.82, 2.24) is 18.9 Å². The smallest absolute Gasteiger partial charge is 0.160 e. The maximum atomic E-state index is 5.18. The fourth-order valence-corrected chi connectivity index (χ4v) is 7.96. The van der Waals surface area contributed by atoms with Crippen LogP contribution in [0.3, 0.4) is 0 Å². The summed E-state index contributed by atoms with van der Waals surface area (Å²) in [7, 11) is 0. The number of nitrogens with zero attached hydrogens (tertiary/aromatic N) is 4. The molecule has 4 heterocycles. The van der Waals surface area contributed by atoms with Crippen LogP contribution in [0, 0.1) is 6.92 Å². The first kappa shape index (κ1) is 27.6. The van der Waals surface area contributed by atoms with Crippen LogP contribution in [0.2, 0.25) is 0 Å². The molecule has 4 heteroatoms. The van der Waals surface area contributed by atoms with Crippen LogP contribution in [0.4, 0.5) is 0 Å². The van der Waals surface area contributed by atoms with E-state index < -0.39 is 0 Å². The first-order valence-electron chi connectivity index (χ1n) is 16.6. The maximum absolute atomic E-state index is 5.18. The topological polar surface area (TPSA) is 35.1 Å². The van der Waals surface area contributed by atoms with Gasteiger partial charge in [0.25, 0.3) is 0 Å². The molecule has 6 aromatic carbocycles. The van der Waals surface area contributed by atoms with Crippen LogP contribution in [0.1, 0.15) is 5.56 Å². The lowest BCUT2D eigenvalue weighted by molar-refractivity contribution is 1.17. The Bertz CT molecular complexity index is 3000. The van der Waals surface area contributed by atoms with Gasteiger partial charge in [-0.25, -0.2) is 9.97 Å². The highest BCUT2D eigenvalue weighted by Gasteiger charge is 2.21. The van der Waals surface area contributed by atoms with Gasteiger partial charge in [0.05, 0.1) is 38.8 Å². The highest BCUT2D eigenvalue weighted by molar-refractivity contribution is 6.24. The Labute approximate surface area is 282 Å². The number of aryl methyl sites for hydroxylation is 1. The molecule has 0 atom stereocenters. The molecular formula is C45H30N4. The minimum Gasteiger partial charge on any atom is -0.309 e. The van der Waals surface area contributed by atoms with Gasteiger partial charge < -0.3 is 8.97 Å². The molecule has 0 aliphatic carbocycles. The number of allylic oxidation sites excluding steroid dienone is 1. The third-order valence-corrected chi connectivity index (χ3v) is 10.0. The van der Waals surface area contributed by atoms with Gasteiger partial charge in [-0.3, -0.25) is 0 Å². The SMILES string of the molecule is C=C/C=c1/c2cccc3c2c2c(cccc2n2c1c(C)c1ccccc12)n3-c1ccc2c(-c3ccccc3)nc(-c3ccccc3)nc2c1. The van der Waals surface area contributed by atoms with Crippen molar-refractivity contribution in [2.24, 2.45) is 0 Å². The number of benzene rings is 6. The van der Waals surface area contributed by atoms with Gasteiger partial charge >= 0.3 is 0 Å². The van der Waals surface area contributed by atoms with E-state index in [4.69, 9.17) is 9.97 Å². The first-order valence-corrected chi connectivity index (χ1v) is 16.6. The summed E-state index contributed by atoms with van der Waals surface area (Å²) in [6.45, 7) is 6.38. The minimum atomic E-state index is 0.715. The average molecular weight is 627 g/mol. The molecule has 4 nitrogen and oxygen atoms in total. The zero-order chi connectivity index (χ0) is 32.6. The number of aromatic nitrogens is 4. The first-order chi connectivity index (χ1) is 24.2. The van der Waals surface area contributed by atoms with Crippen LogP contribution in [-0.2, 0) is 0 Å². The minimum absolute atomic E-state index is 0.715. The van der Waals surface area contributed by atoms with Gasteiger partial charge in [-0.15, -0.1) is 0 Å². The van der Waals surface area contributed by atoms with Crippen molar-refractivity contribution < 1.29 is 0 Å². The summed E-state index contributed by atoms with van der Waals surface area (Å²) in [6.07, 6.45) is 4.09. The normalized spacial score (nSPS) is 12.4. The zero-order valence-electron chi connectivity index (χ0n) is 26.9. The fourth-order valence-electron chi connectivity index (χ4n) is 7.96. The highest BCUT2D eigenvalue weighted by atomic mass is 15.0. The lowest BCUT2D eigenvalue weighted by Gasteiger charge is -2.13. The van der Waals surface area contributed by atoms with Gasteiger partial charge in [-0.1, -0.05) is 116 Å². The van der Waals surface area contributed by atoms with Crippen LogP contribution < -0.4 is 5.22 Å². The van der Waals surface area contributed by atoms with E-state index in [0.717, 1.165) is 44.4 Å². The molecule has 4 aromatic heterocycles. The number of hydrogen-bond acceptors (Lipinski definition) is 2. The number of fused-ring (bicyclic) bond motifs is 5. The van der Waals surface area contributed by atoms with E-state index >= 15 is 0 Å². The molecule has 10 aromatic rings. The van der Waals surface area contributed by atoms with Gasteiger partial charge in [0.15, 0.2) is 5.82 Å². The molecule has 0 amide bonds. The molecule has 0 spiro atoms. The van der Waals surface area contributed by atoms with E-state index in [1.54, 1.807) is 0 Å². The van der Waals surface area contributed by atoms with Gasteiger partial charge in [0, 0.05) is 43.6 Å². The van der Waals surface area contributed by atoms with Gasteiger partial charge in [0.1, 0.15) is 0 Å². The molecule has 0 bridgehead atoms. The van der Waals surface area contributed by atoms with Crippen molar-refractivity contribution in [1.29, 1.82) is 0 Å². The van der Waals surface area contributed by atoms with E-state index in [1.807, 2.05) is 30.3 Å². The maximum Gasteiger partial charge on any atom is 0.160 e. The monoisotopic (exact) mass is 626 g/mol. The Kier molecular flexibility index (Phi) is 5.91. The predicted octanol–water partition coefficient (Wildman–Crippen LogP) is 10.6. The molecular weight excluding hydrogens is 597 g/mol. The summed E-state index contributed by atoms with van der Waals surface area (Å²) < 4.78 is 4.86. The van der Waals surface area contributed by atoms with E-state index in [0.29, 0.717) is 5.82 Å². The number of rotatable bonds is 4. The largest absolute Gasteiger partial charge is 0.309 e. The lowest BCUT2D eigenvalue weighted by Crippen LogP contribution is -2.04. The highest BCUT2D eigenvalue weighted by Crippen LogP contribution is 2.40. The van der Waals surface area contributed by atoms with Crippen LogP contribution in [0.5, 0.6) is 0 Å². The van der Waals surface area contributed by atoms with Gasteiger partial charge in [-0.2, -0.15) is 0 Å². The van der Waals surface area contributed by atoms with Crippen molar-refractivity contribution >= 4 is 66.1 Å². The molecule has 10 rings (SSSR count). The second kappa shape index (κ2) is 10.5. The summed E-state index contributed by atoms with van der Waals surface area (Å²) in [5.41, 5.74) is 12.1. The summed E-state index contributed by atoms with van der Waals surface area (Å²) in [6, 6.07) is 49.4. The van der Waals surface area contributed by atoms with Crippen LogP contribution >= 0.6 is 0 Å². The molecule has 49 heavy (non-hydrogen) atoms. The van der Waals surface area contributed by atoms with Gasteiger partial charge in [0.2, 0.25) is 0 Å². The molecule has 0 saturated heterocycles. The Morgan fingerprint density at radius 2 is 1.22 bits per heavy atom. The number of hydrogen-bond donors (Lipinski definition) is 0. The summed E-state index contributed by atoms with van der Waals surface area (Å²) in [5, 5.41) is 7.14. The molecule has 230 valence electrons. The van der Waals surface area contributed by atoms with E-state index in [-0.39, 0.29) is 0 Å². The third-order valence-electron chi connectivity index (χ3n) is 10.0. The molecule has 0 fully saturated rings. The lowest BCUT2D eigenvalue weighted by atomic mass is 10.0. The molecule has 0 radical (unpaired) electrons. The summed E-state index contributed by atoms with van der Waals surface area (Å²) >= 11 is 0. The Balaban J connectivity index is 1.35. The van der Waals surface area contributed by atoms with Crippen LogP contribution in [0.25, 0.3) is 94.4 Å². The fraction of sp³-hybridized carbons (Fsp3) is 0.0222. The zero-order valence-corrected chi connectivity index (χ0v) is 26.9. The van der Waals surface area contributed by atoms with Gasteiger partial charge in [-0.05, 0) is 60.3 Å². The molecule has 0 aliphatic rings. The van der Waals surface area contributed by atoms with E-state index in [2.05, 4.69) is 144 Å². The van der Waals surface area contributed by atoms with E-state index in [1.165, 1.54) is 48.9 Å². The van der Waals surface area contributed by atoms with Crippen molar-refractivity contribution in [2.45, 2.75) is 6.92 Å². The van der Waals surface area contributed by atoms with Crippen LogP contribution in [-0.4, -0.2) is 18.9 Å². The van der Waals surface area contributed by atoms with Crippen LogP contribution in [0.15, 0.2) is 152 Å². The third kappa shape index (κ3) is 3.92. The van der Waals surface area contributed by atoms with Crippen molar-refractivity contribution in [3.05, 3.63) is 163 Å². The summed E-state index contributed by atoms with van der Waals surface area (Å²) in [5.74, 6) is 0.715. The Morgan fingerprint density at radius 1 is 0.571 bits per heavy atom. The quantitative estimate of drug-likeness (QED) is 0.195. The van der Waals surface area contributed by atoms with Crippen molar-refractivity contribution in [3.8, 4) is 28.3 Å². The van der Waals surface area contributed by atoms with Crippen molar-refractivity contribution in [2.75, 3.05) is 0 Å². The van der Waals surface area contributed by atoms with Crippen molar-refractivity contribution in [3.63, 3.8) is 0 Å². The molecule has 0 saturated carbocycles.